The highest BCUT2D eigenvalue weighted by Gasteiger charge is 2.32. The Labute approximate surface area is 158 Å². The molecule has 0 aliphatic heterocycles. The molecule has 0 amide bonds. The van der Waals surface area contributed by atoms with Crippen molar-refractivity contribution in [1.29, 1.82) is 0 Å². The average molecular weight is 436 g/mol. The summed E-state index contributed by atoms with van der Waals surface area (Å²) >= 11 is 0. The highest BCUT2D eigenvalue weighted by atomic mass is 28.3. The van der Waals surface area contributed by atoms with Crippen LogP contribution in [0, 0.1) is 6.92 Å². The molecule has 0 aliphatic carbocycles. The second-order valence-electron chi connectivity index (χ2n) is 7.10. The van der Waals surface area contributed by atoms with E-state index in [9.17, 15) is 31.1 Å². The molecule has 0 aliphatic rings. The average Bonchev–Trinajstić information content (AvgIpc) is 2.52. The van der Waals surface area contributed by atoms with Crippen LogP contribution in [0.15, 0.2) is 4.79 Å². The van der Waals surface area contributed by atoms with Crippen LogP contribution in [0.2, 0.25) is 25.7 Å². The van der Waals surface area contributed by atoms with E-state index in [4.69, 9.17) is 4.74 Å². The van der Waals surface area contributed by atoms with Crippen LogP contribution >= 0.6 is 0 Å². The molecule has 13 heteroatoms. The zero-order valence-corrected chi connectivity index (χ0v) is 16.8. The Balaban J connectivity index is 3.13. The zero-order chi connectivity index (χ0) is 21.7. The SMILES string of the molecule is Cc1nn(COCC[Si](C)(C)C)c(=O)c(OC(F)C(F)F)c1OCC(F)(F)F. The van der Waals surface area contributed by atoms with E-state index in [1.54, 1.807) is 0 Å². The number of hydrogen-bond donors (Lipinski definition) is 0. The highest BCUT2D eigenvalue weighted by Crippen LogP contribution is 2.29. The van der Waals surface area contributed by atoms with Gasteiger partial charge < -0.3 is 14.2 Å². The van der Waals surface area contributed by atoms with Gasteiger partial charge in [-0.15, -0.1) is 0 Å². The quantitative estimate of drug-likeness (QED) is 0.318. The molecule has 0 radical (unpaired) electrons. The number of ether oxygens (including phenoxy) is 3. The van der Waals surface area contributed by atoms with E-state index in [1.807, 2.05) is 0 Å². The largest absolute Gasteiger partial charge is 0.478 e. The summed E-state index contributed by atoms with van der Waals surface area (Å²) in [6.07, 6.45) is -11.6. The molecular weight excluding hydrogens is 414 g/mol. The lowest BCUT2D eigenvalue weighted by molar-refractivity contribution is -0.154. The molecule has 28 heavy (non-hydrogen) atoms. The van der Waals surface area contributed by atoms with Crippen LogP contribution < -0.4 is 15.0 Å². The van der Waals surface area contributed by atoms with E-state index < -0.39 is 57.4 Å². The van der Waals surface area contributed by atoms with Gasteiger partial charge in [0.1, 0.15) is 12.4 Å². The Morgan fingerprint density at radius 3 is 2.25 bits per heavy atom. The van der Waals surface area contributed by atoms with Gasteiger partial charge in [0.05, 0.1) is 0 Å². The van der Waals surface area contributed by atoms with Gasteiger partial charge in [0.15, 0.2) is 12.4 Å². The van der Waals surface area contributed by atoms with Crippen molar-refractivity contribution in [3.63, 3.8) is 0 Å². The lowest BCUT2D eigenvalue weighted by Gasteiger charge is -2.19. The first-order chi connectivity index (χ1) is 12.7. The van der Waals surface area contributed by atoms with Gasteiger partial charge in [-0.3, -0.25) is 4.79 Å². The number of aryl methyl sites for hydroxylation is 1. The van der Waals surface area contributed by atoms with Crippen molar-refractivity contribution in [2.75, 3.05) is 13.2 Å². The first-order valence-corrected chi connectivity index (χ1v) is 11.9. The van der Waals surface area contributed by atoms with Gasteiger partial charge in [-0.05, 0) is 13.0 Å². The number of halogens is 6. The number of hydrogen-bond acceptors (Lipinski definition) is 5. The third kappa shape index (κ3) is 8.08. The fraction of sp³-hybridized carbons (Fsp3) is 0.733. The highest BCUT2D eigenvalue weighted by molar-refractivity contribution is 6.76. The van der Waals surface area contributed by atoms with Crippen LogP contribution in [-0.4, -0.2) is 50.0 Å². The summed E-state index contributed by atoms with van der Waals surface area (Å²) in [5.74, 6) is -1.98. The van der Waals surface area contributed by atoms with Crippen molar-refractivity contribution < 1.29 is 40.6 Å². The lowest BCUT2D eigenvalue weighted by atomic mass is 10.3. The third-order valence-corrected chi connectivity index (χ3v) is 4.96. The molecule has 0 bridgehead atoms. The predicted octanol–water partition coefficient (Wildman–Crippen LogP) is 3.74. The summed E-state index contributed by atoms with van der Waals surface area (Å²) < 4.78 is 90.0. The summed E-state index contributed by atoms with van der Waals surface area (Å²) in [5, 5.41) is 3.73. The molecule has 162 valence electrons. The molecule has 1 rings (SSSR count). The van der Waals surface area contributed by atoms with Crippen molar-refractivity contribution in [1.82, 2.24) is 9.78 Å². The molecule has 0 spiro atoms. The molecular formula is C15H22F6N2O4Si. The molecule has 6 nitrogen and oxygen atoms in total. The molecule has 0 saturated heterocycles. The van der Waals surface area contributed by atoms with Crippen LogP contribution in [0.25, 0.3) is 0 Å². The lowest BCUT2D eigenvalue weighted by Crippen LogP contribution is -2.32. The molecule has 1 aromatic rings. The Hall–Kier alpha value is -1.76. The number of nitrogens with zero attached hydrogens (tertiary/aromatic N) is 2. The molecule has 0 saturated carbocycles. The van der Waals surface area contributed by atoms with E-state index in [1.165, 1.54) is 0 Å². The minimum Gasteiger partial charge on any atom is -0.478 e. The van der Waals surface area contributed by atoms with Crippen LogP contribution in [0.1, 0.15) is 5.69 Å². The number of alkyl halides is 6. The van der Waals surface area contributed by atoms with E-state index in [2.05, 4.69) is 34.2 Å². The van der Waals surface area contributed by atoms with E-state index in [0.717, 1.165) is 13.0 Å². The van der Waals surface area contributed by atoms with E-state index in [0.29, 0.717) is 4.68 Å². The first kappa shape index (κ1) is 24.3. The van der Waals surface area contributed by atoms with Gasteiger partial charge in [0.25, 0.3) is 6.36 Å². The molecule has 0 N–H and O–H groups in total. The minimum atomic E-state index is -4.78. The summed E-state index contributed by atoms with van der Waals surface area (Å²) in [6, 6.07) is 0.759. The molecule has 1 aromatic heterocycles. The first-order valence-electron chi connectivity index (χ1n) is 8.19. The van der Waals surface area contributed by atoms with Crippen LogP contribution in [-0.2, 0) is 11.5 Å². The minimum absolute atomic E-state index is 0.283. The molecule has 1 atom stereocenters. The molecule has 0 fully saturated rings. The normalized spacial score (nSPS) is 13.7. The van der Waals surface area contributed by atoms with Gasteiger partial charge >= 0.3 is 18.2 Å². The van der Waals surface area contributed by atoms with Crippen LogP contribution in [0.5, 0.6) is 11.5 Å². The van der Waals surface area contributed by atoms with E-state index >= 15 is 0 Å². The van der Waals surface area contributed by atoms with E-state index in [-0.39, 0.29) is 12.3 Å². The topological polar surface area (TPSA) is 62.6 Å². The molecule has 0 aromatic carbocycles. The monoisotopic (exact) mass is 436 g/mol. The fourth-order valence-corrected chi connectivity index (χ4v) is 2.62. The third-order valence-electron chi connectivity index (χ3n) is 3.25. The summed E-state index contributed by atoms with van der Waals surface area (Å²) in [4.78, 5) is 12.3. The summed E-state index contributed by atoms with van der Waals surface area (Å²) in [7, 11) is -1.42. The maximum absolute atomic E-state index is 13.3. The smallest absolute Gasteiger partial charge is 0.422 e. The van der Waals surface area contributed by atoms with Crippen molar-refractivity contribution in [3.8, 4) is 11.5 Å². The second kappa shape index (κ2) is 9.63. The van der Waals surface area contributed by atoms with Gasteiger partial charge in [-0.25, -0.2) is 8.78 Å². The van der Waals surface area contributed by atoms with Crippen molar-refractivity contribution >= 4 is 8.07 Å². The summed E-state index contributed by atoms with van der Waals surface area (Å²) in [6.45, 7) is 5.47. The van der Waals surface area contributed by atoms with Crippen molar-refractivity contribution in [2.45, 2.75) is 58.3 Å². The number of aromatic nitrogens is 2. The second-order valence-corrected chi connectivity index (χ2v) is 12.7. The Kier molecular flexibility index (Phi) is 8.35. The Morgan fingerprint density at radius 1 is 1.14 bits per heavy atom. The number of rotatable bonds is 10. The van der Waals surface area contributed by atoms with Crippen LogP contribution in [0.3, 0.4) is 0 Å². The maximum Gasteiger partial charge on any atom is 0.422 e. The summed E-state index contributed by atoms with van der Waals surface area (Å²) in [5.41, 5.74) is -1.53. The van der Waals surface area contributed by atoms with Gasteiger partial charge in [0, 0.05) is 14.7 Å². The predicted molar refractivity (Wildman–Crippen MR) is 90.4 cm³/mol. The standard InChI is InChI=1S/C15H22F6N2O4Si/c1-9-10(26-7-15(19,20)21)11(27-13(18)12(16)17)14(24)23(22-9)8-25-5-6-28(2,3)4/h12-13H,5-8H2,1-4H3. The van der Waals surface area contributed by atoms with Crippen LogP contribution in [0.4, 0.5) is 26.3 Å². The molecule has 1 unspecified atom stereocenters. The van der Waals surface area contributed by atoms with Gasteiger partial charge in [-0.1, -0.05) is 19.6 Å². The van der Waals surface area contributed by atoms with Gasteiger partial charge in [-0.2, -0.15) is 27.3 Å². The fourth-order valence-electron chi connectivity index (χ4n) is 1.86. The zero-order valence-electron chi connectivity index (χ0n) is 15.8. The maximum atomic E-state index is 13.3. The van der Waals surface area contributed by atoms with Gasteiger partial charge in [0.2, 0.25) is 5.75 Å². The van der Waals surface area contributed by atoms with Crippen molar-refractivity contribution in [3.05, 3.63) is 16.0 Å². The molecule has 1 heterocycles. The van der Waals surface area contributed by atoms with Crippen molar-refractivity contribution in [2.24, 2.45) is 0 Å². The Morgan fingerprint density at radius 2 is 1.75 bits per heavy atom. The Bertz CT molecular complexity index is 705.